The van der Waals surface area contributed by atoms with Crippen LogP contribution in [-0.2, 0) is 0 Å². The van der Waals surface area contributed by atoms with Gasteiger partial charge in [0.2, 0.25) is 5.13 Å². The van der Waals surface area contributed by atoms with Crippen LogP contribution in [0.2, 0.25) is 5.02 Å². The summed E-state index contributed by atoms with van der Waals surface area (Å²) in [5.74, 6) is -0.235. The Balaban J connectivity index is 2.24. The van der Waals surface area contributed by atoms with Crippen LogP contribution in [0.25, 0.3) is 0 Å². The van der Waals surface area contributed by atoms with E-state index in [1.54, 1.807) is 0 Å². The molecule has 0 bridgehead atoms. The minimum atomic E-state index is -0.464. The second kappa shape index (κ2) is 4.42. The number of anilines is 2. The molecule has 82 valence electrons. The first-order valence-corrected chi connectivity index (χ1v) is 5.42. The number of hydrogen-bond acceptors (Lipinski definition) is 6. The Bertz CT molecular complexity index is 515. The molecule has 3 N–H and O–H groups in total. The fraction of sp³-hybridized carbons (Fsp3) is 0. The van der Waals surface area contributed by atoms with Crippen LogP contribution in [0.15, 0.2) is 17.6 Å². The van der Waals surface area contributed by atoms with E-state index in [0.29, 0.717) is 5.13 Å². The third kappa shape index (κ3) is 2.26. The zero-order chi connectivity index (χ0) is 11.5. The largest absolute Gasteiger partial charge is 0.384 e. The van der Waals surface area contributed by atoms with E-state index in [-0.39, 0.29) is 16.5 Å². The Kier molecular flexibility index (Phi) is 2.97. The molecule has 0 aliphatic heterocycles. The number of rotatable bonds is 2. The van der Waals surface area contributed by atoms with Crippen LogP contribution in [0.4, 0.5) is 10.9 Å². The van der Waals surface area contributed by atoms with Crippen LogP contribution in [0.1, 0.15) is 10.5 Å². The predicted octanol–water partition coefficient (Wildman–Crippen LogP) is 1.42. The Morgan fingerprint density at radius 1 is 1.50 bits per heavy atom. The zero-order valence-corrected chi connectivity index (χ0v) is 9.42. The lowest BCUT2D eigenvalue weighted by Crippen LogP contribution is -2.15. The quantitative estimate of drug-likeness (QED) is 0.846. The van der Waals surface area contributed by atoms with Gasteiger partial charge in [0.15, 0.2) is 0 Å². The van der Waals surface area contributed by atoms with E-state index >= 15 is 0 Å². The van der Waals surface area contributed by atoms with Crippen molar-refractivity contribution in [2.45, 2.75) is 0 Å². The third-order valence-electron chi connectivity index (χ3n) is 1.66. The van der Waals surface area contributed by atoms with Gasteiger partial charge in [0.05, 0.1) is 5.02 Å². The highest BCUT2D eigenvalue weighted by Crippen LogP contribution is 2.17. The monoisotopic (exact) mass is 255 g/mol. The fourth-order valence-electron chi connectivity index (χ4n) is 1.00. The van der Waals surface area contributed by atoms with E-state index in [2.05, 4.69) is 20.5 Å². The fourth-order valence-corrected chi connectivity index (χ4v) is 1.63. The van der Waals surface area contributed by atoms with Crippen molar-refractivity contribution in [2.75, 3.05) is 11.1 Å². The van der Waals surface area contributed by atoms with E-state index in [4.69, 9.17) is 17.3 Å². The van der Waals surface area contributed by atoms with Crippen LogP contribution in [0.3, 0.4) is 0 Å². The lowest BCUT2D eigenvalue weighted by atomic mass is 10.3. The van der Waals surface area contributed by atoms with Crippen molar-refractivity contribution in [3.8, 4) is 0 Å². The smallest absolute Gasteiger partial charge is 0.277 e. The molecule has 0 atom stereocenters. The SMILES string of the molecule is Nc1ccc(Cl)c(C(=O)Nc2nncs2)n1. The second-order valence-electron chi connectivity index (χ2n) is 2.76. The van der Waals surface area contributed by atoms with E-state index in [0.717, 1.165) is 0 Å². The number of carbonyl (C=O) groups excluding carboxylic acids is 1. The van der Waals surface area contributed by atoms with Crippen LogP contribution >= 0.6 is 22.9 Å². The van der Waals surface area contributed by atoms with Gasteiger partial charge in [0.1, 0.15) is 17.0 Å². The average molecular weight is 256 g/mol. The molecule has 2 heterocycles. The molecule has 0 radical (unpaired) electrons. The molecule has 0 fully saturated rings. The van der Waals surface area contributed by atoms with Gasteiger partial charge >= 0.3 is 0 Å². The molecule has 1 amide bonds. The topological polar surface area (TPSA) is 93.8 Å². The summed E-state index contributed by atoms with van der Waals surface area (Å²) in [6.45, 7) is 0. The lowest BCUT2D eigenvalue weighted by molar-refractivity contribution is 0.102. The number of carbonyl (C=O) groups is 1. The molecule has 0 saturated carbocycles. The predicted molar refractivity (Wildman–Crippen MR) is 61.5 cm³/mol. The summed E-state index contributed by atoms with van der Waals surface area (Å²) in [7, 11) is 0. The number of halogens is 1. The molecule has 2 aromatic heterocycles. The van der Waals surface area contributed by atoms with Crippen LogP contribution < -0.4 is 11.1 Å². The highest BCUT2D eigenvalue weighted by molar-refractivity contribution is 7.13. The van der Waals surface area contributed by atoms with Gasteiger partial charge in [-0.15, -0.1) is 10.2 Å². The minimum Gasteiger partial charge on any atom is -0.384 e. The normalized spacial score (nSPS) is 10.1. The highest BCUT2D eigenvalue weighted by atomic mass is 35.5. The van der Waals surface area contributed by atoms with Gasteiger partial charge in [0.25, 0.3) is 5.91 Å². The molecule has 8 heteroatoms. The molecule has 16 heavy (non-hydrogen) atoms. The number of nitrogens with one attached hydrogen (secondary N) is 1. The van der Waals surface area contributed by atoms with Crippen molar-refractivity contribution in [3.05, 3.63) is 28.4 Å². The van der Waals surface area contributed by atoms with E-state index in [9.17, 15) is 4.79 Å². The number of amides is 1. The van der Waals surface area contributed by atoms with Crippen molar-refractivity contribution in [3.63, 3.8) is 0 Å². The lowest BCUT2D eigenvalue weighted by Gasteiger charge is -2.03. The van der Waals surface area contributed by atoms with Crippen LogP contribution in [0, 0.1) is 0 Å². The van der Waals surface area contributed by atoms with E-state index < -0.39 is 5.91 Å². The molecule has 0 aliphatic rings. The van der Waals surface area contributed by atoms with Crippen LogP contribution in [0.5, 0.6) is 0 Å². The van der Waals surface area contributed by atoms with Crippen molar-refractivity contribution in [1.29, 1.82) is 0 Å². The number of nitrogens with zero attached hydrogens (tertiary/aromatic N) is 3. The molecule has 2 aromatic rings. The summed E-state index contributed by atoms with van der Waals surface area (Å²) >= 11 is 7.02. The van der Waals surface area contributed by atoms with Crippen molar-refractivity contribution in [2.24, 2.45) is 0 Å². The first-order chi connectivity index (χ1) is 7.66. The number of pyridine rings is 1. The van der Waals surface area contributed by atoms with Gasteiger partial charge in [-0.1, -0.05) is 22.9 Å². The van der Waals surface area contributed by atoms with Gasteiger partial charge in [0, 0.05) is 0 Å². The Morgan fingerprint density at radius 3 is 3.00 bits per heavy atom. The first-order valence-electron chi connectivity index (χ1n) is 4.16. The summed E-state index contributed by atoms with van der Waals surface area (Å²) in [4.78, 5) is 15.6. The standard InChI is InChI=1S/C8H6ClN5OS/c9-4-1-2-5(10)12-6(4)7(15)13-8-14-11-3-16-8/h1-3H,(H2,10,12)(H,13,14,15). The Morgan fingerprint density at radius 2 is 2.31 bits per heavy atom. The molecular formula is C8H6ClN5OS. The molecular weight excluding hydrogens is 250 g/mol. The summed E-state index contributed by atoms with van der Waals surface area (Å²) in [6.07, 6.45) is 0. The van der Waals surface area contributed by atoms with Gasteiger partial charge in [-0.3, -0.25) is 10.1 Å². The van der Waals surface area contributed by atoms with E-state index in [1.165, 1.54) is 29.0 Å². The molecule has 0 spiro atoms. The van der Waals surface area contributed by atoms with Crippen LogP contribution in [-0.4, -0.2) is 21.1 Å². The van der Waals surface area contributed by atoms with Gasteiger partial charge in [-0.2, -0.15) is 0 Å². The number of nitrogen functional groups attached to an aromatic ring is 1. The van der Waals surface area contributed by atoms with Crippen molar-refractivity contribution in [1.82, 2.24) is 15.2 Å². The first kappa shape index (κ1) is 10.8. The third-order valence-corrected chi connectivity index (χ3v) is 2.57. The number of nitrogens with two attached hydrogens (primary N) is 1. The van der Waals surface area contributed by atoms with Gasteiger partial charge in [-0.05, 0) is 12.1 Å². The van der Waals surface area contributed by atoms with Crippen molar-refractivity contribution >= 4 is 39.8 Å². The summed E-state index contributed by atoms with van der Waals surface area (Å²) in [5, 5.41) is 10.4. The van der Waals surface area contributed by atoms with E-state index in [1.807, 2.05) is 0 Å². The number of hydrogen-bond donors (Lipinski definition) is 2. The zero-order valence-electron chi connectivity index (χ0n) is 7.85. The Hall–Kier alpha value is -1.73. The molecule has 0 unspecified atom stereocenters. The summed E-state index contributed by atoms with van der Waals surface area (Å²) in [5.41, 5.74) is 7.03. The maximum absolute atomic E-state index is 11.7. The molecule has 0 saturated heterocycles. The van der Waals surface area contributed by atoms with Gasteiger partial charge in [-0.25, -0.2) is 4.98 Å². The molecule has 6 nitrogen and oxygen atoms in total. The average Bonchev–Trinajstić information content (AvgIpc) is 2.74. The molecule has 0 aromatic carbocycles. The maximum Gasteiger partial charge on any atom is 0.277 e. The van der Waals surface area contributed by atoms with Crippen molar-refractivity contribution < 1.29 is 4.79 Å². The Labute approximate surface area is 99.5 Å². The maximum atomic E-state index is 11.7. The molecule has 2 rings (SSSR count). The highest BCUT2D eigenvalue weighted by Gasteiger charge is 2.13. The molecule has 0 aliphatic carbocycles. The summed E-state index contributed by atoms with van der Waals surface area (Å²) in [6, 6.07) is 3.03. The van der Waals surface area contributed by atoms with Gasteiger partial charge < -0.3 is 5.73 Å². The minimum absolute atomic E-state index is 0.0665. The summed E-state index contributed by atoms with van der Waals surface area (Å²) < 4.78 is 0. The second-order valence-corrected chi connectivity index (χ2v) is 4.00. The number of aromatic nitrogens is 3.